The molecule has 1 aromatic heterocycles. The van der Waals surface area contributed by atoms with Crippen LogP contribution in [-0.2, 0) is 6.42 Å². The Morgan fingerprint density at radius 2 is 1.84 bits per heavy atom. The molecular formula is C20H26N2O2S. The number of nitrogens with zero attached hydrogens (tertiary/aromatic N) is 1. The molecule has 0 saturated carbocycles. The zero-order valence-electron chi connectivity index (χ0n) is 15.4. The van der Waals surface area contributed by atoms with Gasteiger partial charge in [-0.05, 0) is 57.0 Å². The second-order valence-corrected chi connectivity index (χ2v) is 7.21. The van der Waals surface area contributed by atoms with Crippen LogP contribution in [0.2, 0.25) is 0 Å². The van der Waals surface area contributed by atoms with E-state index in [1.807, 2.05) is 26.0 Å². The predicted octanol–water partition coefficient (Wildman–Crippen LogP) is 4.74. The highest BCUT2D eigenvalue weighted by molar-refractivity contribution is 7.14. The first-order chi connectivity index (χ1) is 12.0. The van der Waals surface area contributed by atoms with Gasteiger partial charge in [0, 0.05) is 29.2 Å². The van der Waals surface area contributed by atoms with E-state index < -0.39 is 0 Å². The minimum absolute atomic E-state index is 0.0155. The topological polar surface area (TPSA) is 49.4 Å². The van der Waals surface area contributed by atoms with Gasteiger partial charge in [0.2, 0.25) is 0 Å². The molecule has 2 aromatic rings. The predicted molar refractivity (Wildman–Crippen MR) is 105 cm³/mol. The molecule has 1 N–H and O–H groups in total. The van der Waals surface area contributed by atoms with E-state index in [-0.39, 0.29) is 11.8 Å². The largest absolute Gasteiger partial charge is 0.339 e. The minimum atomic E-state index is -0.122. The quantitative estimate of drug-likeness (QED) is 0.777. The third-order valence-electron chi connectivity index (χ3n) is 4.18. The van der Waals surface area contributed by atoms with Crippen LogP contribution >= 0.6 is 11.3 Å². The van der Waals surface area contributed by atoms with Crippen LogP contribution in [0.5, 0.6) is 0 Å². The Labute approximate surface area is 153 Å². The average Bonchev–Trinajstić information content (AvgIpc) is 2.97. The normalized spacial score (nSPS) is 10.6. The Kier molecular flexibility index (Phi) is 6.76. The van der Waals surface area contributed by atoms with Crippen LogP contribution in [0.3, 0.4) is 0 Å². The van der Waals surface area contributed by atoms with E-state index in [9.17, 15) is 9.59 Å². The Bertz CT molecular complexity index is 748. The fourth-order valence-corrected chi connectivity index (χ4v) is 3.73. The van der Waals surface area contributed by atoms with Crippen LogP contribution < -0.4 is 5.32 Å². The minimum Gasteiger partial charge on any atom is -0.339 e. The summed E-state index contributed by atoms with van der Waals surface area (Å²) in [6, 6.07) is 9.11. The summed E-state index contributed by atoms with van der Waals surface area (Å²) in [5, 5.41) is 2.91. The zero-order valence-corrected chi connectivity index (χ0v) is 16.2. The summed E-state index contributed by atoms with van der Waals surface area (Å²) in [4.78, 5) is 28.6. The van der Waals surface area contributed by atoms with E-state index in [2.05, 4.69) is 19.2 Å². The number of thiophene rings is 1. The average molecular weight is 359 g/mol. The molecule has 0 aliphatic rings. The third kappa shape index (κ3) is 4.69. The Hall–Kier alpha value is -2.14. The van der Waals surface area contributed by atoms with E-state index in [1.54, 1.807) is 23.1 Å². The van der Waals surface area contributed by atoms with Crippen LogP contribution in [0.4, 0.5) is 5.69 Å². The lowest BCUT2D eigenvalue weighted by Crippen LogP contribution is -2.30. The number of carbonyl (C=O) groups is 2. The third-order valence-corrected chi connectivity index (χ3v) is 5.27. The number of benzene rings is 1. The molecule has 0 saturated heterocycles. The molecule has 25 heavy (non-hydrogen) atoms. The molecule has 0 aliphatic heterocycles. The van der Waals surface area contributed by atoms with Crippen molar-refractivity contribution < 1.29 is 9.59 Å². The van der Waals surface area contributed by atoms with Crippen molar-refractivity contribution in [1.82, 2.24) is 4.90 Å². The lowest BCUT2D eigenvalue weighted by molar-refractivity contribution is 0.0772. The van der Waals surface area contributed by atoms with Crippen molar-refractivity contribution in [2.24, 2.45) is 0 Å². The molecule has 0 atom stereocenters. The van der Waals surface area contributed by atoms with Gasteiger partial charge in [0.25, 0.3) is 11.8 Å². The lowest BCUT2D eigenvalue weighted by atomic mass is 10.1. The number of amides is 2. The van der Waals surface area contributed by atoms with Gasteiger partial charge in [-0.1, -0.05) is 19.4 Å². The Morgan fingerprint density at radius 1 is 1.12 bits per heavy atom. The number of anilines is 1. The smallest absolute Gasteiger partial charge is 0.265 e. The van der Waals surface area contributed by atoms with Crippen molar-refractivity contribution in [3.8, 4) is 0 Å². The maximum atomic E-state index is 12.5. The van der Waals surface area contributed by atoms with Gasteiger partial charge in [-0.3, -0.25) is 9.59 Å². The fraction of sp³-hybridized carbons (Fsp3) is 0.400. The number of rotatable bonds is 7. The monoisotopic (exact) mass is 358 g/mol. The first kappa shape index (κ1) is 19.2. The van der Waals surface area contributed by atoms with Crippen molar-refractivity contribution in [3.63, 3.8) is 0 Å². The van der Waals surface area contributed by atoms with Crippen molar-refractivity contribution in [2.75, 3.05) is 18.4 Å². The number of aryl methyl sites for hydroxylation is 2. The molecule has 5 heteroatoms. The summed E-state index contributed by atoms with van der Waals surface area (Å²) < 4.78 is 0. The van der Waals surface area contributed by atoms with Crippen LogP contribution in [0, 0.1) is 6.92 Å². The van der Waals surface area contributed by atoms with Gasteiger partial charge in [-0.2, -0.15) is 0 Å². The number of hydrogen-bond acceptors (Lipinski definition) is 3. The highest BCUT2D eigenvalue weighted by Crippen LogP contribution is 2.24. The summed E-state index contributed by atoms with van der Waals surface area (Å²) in [6.07, 6.45) is 2.05. The number of hydrogen-bond donors (Lipinski definition) is 1. The highest BCUT2D eigenvalue weighted by atomic mass is 32.1. The first-order valence-electron chi connectivity index (χ1n) is 8.80. The molecular weight excluding hydrogens is 332 g/mol. The lowest BCUT2D eigenvalue weighted by Gasteiger charge is -2.18. The van der Waals surface area contributed by atoms with E-state index in [1.165, 1.54) is 21.8 Å². The number of nitrogens with one attached hydrogen (secondary N) is 1. The fourth-order valence-electron chi connectivity index (χ4n) is 2.77. The molecule has 0 radical (unpaired) electrons. The molecule has 2 rings (SSSR count). The van der Waals surface area contributed by atoms with Gasteiger partial charge >= 0.3 is 0 Å². The molecule has 0 aliphatic carbocycles. The summed E-state index contributed by atoms with van der Waals surface area (Å²) in [7, 11) is 0. The van der Waals surface area contributed by atoms with Crippen molar-refractivity contribution in [3.05, 3.63) is 51.2 Å². The first-order valence-corrected chi connectivity index (χ1v) is 9.61. The van der Waals surface area contributed by atoms with Crippen molar-refractivity contribution >= 4 is 28.8 Å². The molecule has 0 fully saturated rings. The van der Waals surface area contributed by atoms with Crippen LogP contribution in [-0.4, -0.2) is 29.8 Å². The van der Waals surface area contributed by atoms with E-state index in [0.29, 0.717) is 29.2 Å². The molecule has 2 amide bonds. The Morgan fingerprint density at radius 3 is 2.48 bits per heavy atom. The van der Waals surface area contributed by atoms with E-state index in [0.717, 1.165) is 12.8 Å². The van der Waals surface area contributed by atoms with E-state index in [4.69, 9.17) is 0 Å². The van der Waals surface area contributed by atoms with Gasteiger partial charge in [-0.15, -0.1) is 11.3 Å². The van der Waals surface area contributed by atoms with E-state index >= 15 is 0 Å². The molecule has 0 unspecified atom stereocenters. The Balaban J connectivity index is 2.15. The van der Waals surface area contributed by atoms with Gasteiger partial charge in [-0.25, -0.2) is 0 Å². The van der Waals surface area contributed by atoms with Gasteiger partial charge < -0.3 is 10.2 Å². The molecule has 4 nitrogen and oxygen atoms in total. The number of carbonyl (C=O) groups excluding carboxylic acids is 2. The van der Waals surface area contributed by atoms with Gasteiger partial charge in [0.15, 0.2) is 0 Å². The summed E-state index contributed by atoms with van der Waals surface area (Å²) in [6.45, 7) is 9.44. The van der Waals surface area contributed by atoms with Crippen molar-refractivity contribution in [2.45, 2.75) is 40.5 Å². The van der Waals surface area contributed by atoms with Gasteiger partial charge in [0.05, 0.1) is 4.88 Å². The summed E-state index contributed by atoms with van der Waals surface area (Å²) in [5.74, 6) is -0.138. The SMILES string of the molecule is CCCc1cc(C(=O)Nc2cccc(C(=O)N(CC)CC)c2)sc1C. The zero-order chi connectivity index (χ0) is 18.4. The van der Waals surface area contributed by atoms with Crippen LogP contribution in [0.1, 0.15) is 57.7 Å². The summed E-state index contributed by atoms with van der Waals surface area (Å²) in [5.41, 5.74) is 2.48. The van der Waals surface area contributed by atoms with Crippen LogP contribution in [0.15, 0.2) is 30.3 Å². The molecule has 134 valence electrons. The second-order valence-electron chi connectivity index (χ2n) is 5.95. The van der Waals surface area contributed by atoms with Gasteiger partial charge in [0.1, 0.15) is 0 Å². The maximum absolute atomic E-state index is 12.5. The highest BCUT2D eigenvalue weighted by Gasteiger charge is 2.15. The molecule has 0 bridgehead atoms. The van der Waals surface area contributed by atoms with Crippen LogP contribution in [0.25, 0.3) is 0 Å². The maximum Gasteiger partial charge on any atom is 0.265 e. The summed E-state index contributed by atoms with van der Waals surface area (Å²) >= 11 is 1.52. The second kappa shape index (κ2) is 8.81. The molecule has 1 heterocycles. The standard InChI is InChI=1S/C20H26N2O2S/c1-5-9-15-13-18(25-14(15)4)19(23)21-17-11-8-10-16(12-17)20(24)22(6-2)7-3/h8,10-13H,5-7,9H2,1-4H3,(H,21,23). The molecule has 1 aromatic carbocycles. The molecule has 0 spiro atoms. The van der Waals surface area contributed by atoms with Crippen molar-refractivity contribution in [1.29, 1.82) is 0 Å².